The molecule has 2 N–H and O–H groups in total. The first kappa shape index (κ1) is 28.3. The van der Waals surface area contributed by atoms with Crippen LogP contribution in [-0.2, 0) is 20.0 Å². The van der Waals surface area contributed by atoms with E-state index in [1.54, 1.807) is 24.3 Å². The van der Waals surface area contributed by atoms with Gasteiger partial charge in [0.1, 0.15) is 0 Å². The van der Waals surface area contributed by atoms with Gasteiger partial charge in [-0.05, 0) is 108 Å². The first-order valence-electron chi connectivity index (χ1n) is 15.0. The first-order chi connectivity index (χ1) is 19.6. The number of rotatable bonds is 6. The molecule has 2 saturated carbocycles. The minimum Gasteiger partial charge on any atom is -0.207 e. The Morgan fingerprint density at radius 3 is 1.21 bits per heavy atom. The molecule has 4 bridgehead atoms. The summed E-state index contributed by atoms with van der Waals surface area (Å²) in [4.78, 5) is 0.499. The molecule has 9 rings (SSSR count). The lowest BCUT2D eigenvalue weighted by molar-refractivity contribution is -0.0213. The van der Waals surface area contributed by atoms with Gasteiger partial charge in [0.15, 0.2) is 0 Å². The number of hydrogen-bond acceptors (Lipinski definition) is 4. The second-order valence-corrected chi connectivity index (χ2v) is 17.8. The SMILES string of the molecule is Cc1ccc(S(=O)(=O)N[C@@H]2c3c(ccc4c3[C@@H](NS(=O)(=O)c3ccc(C)cc3)[C@@H]3C[C@H]4C3(C)C)[C@H]3C[C@@H]2C3(C)C)cc1. The van der Waals surface area contributed by atoms with Gasteiger partial charge in [-0.25, -0.2) is 26.3 Å². The topological polar surface area (TPSA) is 92.3 Å². The second kappa shape index (κ2) is 9.00. The maximum Gasteiger partial charge on any atom is 0.241 e. The molecule has 0 amide bonds. The van der Waals surface area contributed by atoms with Crippen molar-refractivity contribution in [2.24, 2.45) is 22.7 Å². The van der Waals surface area contributed by atoms with Crippen LogP contribution in [0.15, 0.2) is 70.5 Å². The molecular formula is C34H40N2O4S2. The molecule has 3 aromatic rings. The quantitative estimate of drug-likeness (QED) is 0.330. The predicted molar refractivity (Wildman–Crippen MR) is 164 cm³/mol. The van der Waals surface area contributed by atoms with Gasteiger partial charge in [0, 0.05) is 0 Å². The summed E-state index contributed by atoms with van der Waals surface area (Å²) in [6, 6.07) is 17.5. The van der Waals surface area contributed by atoms with Gasteiger partial charge >= 0.3 is 0 Å². The van der Waals surface area contributed by atoms with Crippen LogP contribution in [-0.4, -0.2) is 16.8 Å². The fourth-order valence-corrected chi connectivity index (χ4v) is 11.2. The Morgan fingerprint density at radius 1 is 0.571 bits per heavy atom. The van der Waals surface area contributed by atoms with Crippen LogP contribution in [0.25, 0.3) is 0 Å². The van der Waals surface area contributed by atoms with Crippen LogP contribution in [0.3, 0.4) is 0 Å². The summed E-state index contributed by atoms with van der Waals surface area (Å²) in [5, 5.41) is 0. The van der Waals surface area contributed by atoms with Crippen molar-refractivity contribution < 1.29 is 16.8 Å². The van der Waals surface area contributed by atoms with E-state index in [0.717, 1.165) is 46.2 Å². The number of nitrogens with one attached hydrogen (secondary N) is 2. The van der Waals surface area contributed by atoms with E-state index in [1.807, 2.05) is 38.1 Å². The Morgan fingerprint density at radius 2 is 0.905 bits per heavy atom. The highest BCUT2D eigenvalue weighted by molar-refractivity contribution is 7.89. The molecule has 0 heterocycles. The number of sulfonamides is 2. The Kier molecular flexibility index (Phi) is 6.06. The Balaban J connectivity index is 1.38. The molecule has 6 aliphatic rings. The highest BCUT2D eigenvalue weighted by atomic mass is 32.2. The second-order valence-electron chi connectivity index (χ2n) is 14.3. The Hall–Kier alpha value is -2.52. The fourth-order valence-electron chi connectivity index (χ4n) is 8.67. The summed E-state index contributed by atoms with van der Waals surface area (Å²) < 4.78 is 61.7. The highest BCUT2D eigenvalue weighted by Gasteiger charge is 2.62. The van der Waals surface area contributed by atoms with Crippen LogP contribution >= 0.6 is 0 Å². The molecule has 0 unspecified atom stereocenters. The van der Waals surface area contributed by atoms with Gasteiger partial charge in [0.25, 0.3) is 0 Å². The van der Waals surface area contributed by atoms with E-state index >= 15 is 0 Å². The van der Waals surface area contributed by atoms with Crippen LogP contribution < -0.4 is 9.44 Å². The summed E-state index contributed by atoms with van der Waals surface area (Å²) in [6.07, 6.45) is 1.83. The first-order valence-corrected chi connectivity index (χ1v) is 17.9. The van der Waals surface area contributed by atoms with Crippen LogP contribution in [0, 0.1) is 36.5 Å². The number of aryl methyl sites for hydroxylation is 2. The monoisotopic (exact) mass is 604 g/mol. The Labute approximate surface area is 250 Å². The predicted octanol–water partition coefficient (Wildman–Crippen LogP) is 6.63. The zero-order valence-corrected chi connectivity index (χ0v) is 26.7. The van der Waals surface area contributed by atoms with Crippen LogP contribution in [0.4, 0.5) is 0 Å². The molecule has 0 aromatic heterocycles. The van der Waals surface area contributed by atoms with Crippen molar-refractivity contribution in [3.8, 4) is 0 Å². The van der Waals surface area contributed by atoms with Gasteiger partial charge in [-0.3, -0.25) is 0 Å². The minimum absolute atomic E-state index is 0.0740. The lowest BCUT2D eigenvalue weighted by atomic mass is 9.42. The summed E-state index contributed by atoms with van der Waals surface area (Å²) >= 11 is 0. The Bertz CT molecular complexity index is 1680. The molecule has 0 saturated heterocycles. The molecule has 6 atom stereocenters. The highest BCUT2D eigenvalue weighted by Crippen LogP contribution is 2.71. The van der Waals surface area contributed by atoms with Crippen molar-refractivity contribution in [2.45, 2.75) is 88.1 Å². The van der Waals surface area contributed by atoms with Gasteiger partial charge in [-0.2, -0.15) is 0 Å². The van der Waals surface area contributed by atoms with E-state index in [0.29, 0.717) is 11.8 Å². The molecule has 0 radical (unpaired) electrons. The molecule has 42 heavy (non-hydrogen) atoms. The molecule has 222 valence electrons. The van der Waals surface area contributed by atoms with Crippen molar-refractivity contribution in [3.63, 3.8) is 0 Å². The molecule has 2 fully saturated rings. The minimum atomic E-state index is -3.82. The summed E-state index contributed by atoms with van der Waals surface area (Å²) in [5.74, 6) is 0.844. The van der Waals surface area contributed by atoms with Crippen molar-refractivity contribution in [1.82, 2.24) is 9.44 Å². The van der Waals surface area contributed by atoms with Crippen LogP contribution in [0.5, 0.6) is 0 Å². The smallest absolute Gasteiger partial charge is 0.207 e. The number of hydrogen-bond donors (Lipinski definition) is 2. The van der Waals surface area contributed by atoms with E-state index in [1.165, 1.54) is 0 Å². The van der Waals surface area contributed by atoms with Crippen molar-refractivity contribution in [3.05, 3.63) is 94.0 Å². The van der Waals surface area contributed by atoms with Crippen molar-refractivity contribution >= 4 is 20.0 Å². The molecular weight excluding hydrogens is 565 g/mol. The van der Waals surface area contributed by atoms with E-state index < -0.39 is 32.1 Å². The maximum atomic E-state index is 13.8. The average molecular weight is 605 g/mol. The standard InChI is InChI=1S/C34H40N2O4S2/c1-19-7-11-21(12-8-19)41(37,38)35-31-27-17-25(33(27,3)4)23-15-16-24-26-18-28(34(26,5)6)32(30(24)29(23)31)36-42(39,40)22-13-9-20(2)10-14-22/h7-16,25-28,31-32,35-36H,17-18H2,1-6H3/t25-,26-,27+,28+,31+,32+/m1/s1. The summed E-state index contributed by atoms with van der Waals surface area (Å²) in [5.41, 5.74) is 6.19. The van der Waals surface area contributed by atoms with Gasteiger partial charge < -0.3 is 0 Å². The lowest BCUT2D eigenvalue weighted by Gasteiger charge is -2.64. The molecule has 3 aromatic carbocycles. The largest absolute Gasteiger partial charge is 0.241 e. The van der Waals surface area contributed by atoms with Crippen LogP contribution in [0.1, 0.15) is 97.8 Å². The van der Waals surface area contributed by atoms with Gasteiger partial charge in [-0.15, -0.1) is 0 Å². The van der Waals surface area contributed by atoms with Gasteiger partial charge in [0.2, 0.25) is 20.0 Å². The van der Waals surface area contributed by atoms with E-state index in [-0.39, 0.29) is 32.5 Å². The summed E-state index contributed by atoms with van der Waals surface area (Å²) in [6.45, 7) is 12.8. The fraction of sp³-hybridized carbons (Fsp3) is 0.471. The molecule has 8 heteroatoms. The molecule has 0 aliphatic heterocycles. The third-order valence-corrected chi connectivity index (χ3v) is 14.4. The molecule has 6 nitrogen and oxygen atoms in total. The van der Waals surface area contributed by atoms with E-state index in [9.17, 15) is 16.8 Å². The van der Waals surface area contributed by atoms with Crippen LogP contribution in [0.2, 0.25) is 0 Å². The number of benzene rings is 3. The van der Waals surface area contributed by atoms with Gasteiger partial charge in [-0.1, -0.05) is 75.2 Å². The normalized spacial score (nSPS) is 30.0. The zero-order valence-electron chi connectivity index (χ0n) is 25.1. The van der Waals surface area contributed by atoms with Crippen molar-refractivity contribution in [1.29, 1.82) is 0 Å². The van der Waals surface area contributed by atoms with E-state index in [2.05, 4.69) is 49.3 Å². The lowest BCUT2D eigenvalue weighted by Crippen LogP contribution is -2.58. The zero-order chi connectivity index (χ0) is 30.0. The average Bonchev–Trinajstić information content (AvgIpc) is 2.92. The third-order valence-electron chi connectivity index (χ3n) is 11.4. The summed E-state index contributed by atoms with van der Waals surface area (Å²) in [7, 11) is -7.64. The van der Waals surface area contributed by atoms with Gasteiger partial charge in [0.05, 0.1) is 21.9 Å². The molecule has 6 aliphatic carbocycles. The third kappa shape index (κ3) is 3.94. The maximum absolute atomic E-state index is 13.8. The molecule has 0 spiro atoms. The van der Waals surface area contributed by atoms with E-state index in [4.69, 9.17) is 0 Å². The van der Waals surface area contributed by atoms with Crippen molar-refractivity contribution in [2.75, 3.05) is 0 Å².